The maximum Gasteiger partial charge on any atom is 0.305 e. The standard InChI is InChI=1S/C12H14N2O4/c13-8(5-11(15)16)12(17)14-9-6-18-10-4-2-1-3-7(9)10/h1-4,8-9H,5-6,13H2,(H,14,17)(H,15,16). The van der Waals surface area contributed by atoms with Gasteiger partial charge in [-0.15, -0.1) is 0 Å². The average molecular weight is 250 g/mol. The smallest absolute Gasteiger partial charge is 0.305 e. The summed E-state index contributed by atoms with van der Waals surface area (Å²) in [5, 5.41) is 11.3. The number of amides is 1. The molecule has 0 radical (unpaired) electrons. The Morgan fingerprint density at radius 2 is 2.22 bits per heavy atom. The molecule has 2 unspecified atom stereocenters. The molecule has 6 heteroatoms. The second kappa shape index (κ2) is 5.05. The number of para-hydroxylation sites is 1. The molecule has 0 bridgehead atoms. The zero-order valence-corrected chi connectivity index (χ0v) is 9.63. The van der Waals surface area contributed by atoms with Gasteiger partial charge in [-0.05, 0) is 6.07 Å². The van der Waals surface area contributed by atoms with Crippen LogP contribution in [0.25, 0.3) is 0 Å². The molecule has 0 saturated carbocycles. The van der Waals surface area contributed by atoms with Crippen molar-refractivity contribution in [1.29, 1.82) is 0 Å². The van der Waals surface area contributed by atoms with E-state index < -0.39 is 17.9 Å². The number of rotatable bonds is 4. The van der Waals surface area contributed by atoms with Crippen molar-refractivity contribution in [3.05, 3.63) is 29.8 Å². The fraction of sp³-hybridized carbons (Fsp3) is 0.333. The van der Waals surface area contributed by atoms with Crippen LogP contribution in [0.5, 0.6) is 5.75 Å². The van der Waals surface area contributed by atoms with E-state index in [9.17, 15) is 9.59 Å². The minimum absolute atomic E-state index is 0.270. The summed E-state index contributed by atoms with van der Waals surface area (Å²) >= 11 is 0. The van der Waals surface area contributed by atoms with E-state index in [0.717, 1.165) is 11.3 Å². The van der Waals surface area contributed by atoms with Crippen LogP contribution in [0.15, 0.2) is 24.3 Å². The van der Waals surface area contributed by atoms with E-state index in [1.807, 2.05) is 24.3 Å². The SMILES string of the molecule is NC(CC(=O)O)C(=O)NC1COc2ccccc21. The van der Waals surface area contributed by atoms with E-state index in [4.69, 9.17) is 15.6 Å². The summed E-state index contributed by atoms with van der Waals surface area (Å²) in [4.78, 5) is 22.2. The van der Waals surface area contributed by atoms with Gasteiger partial charge in [0.1, 0.15) is 12.4 Å². The Morgan fingerprint density at radius 3 is 2.94 bits per heavy atom. The maximum atomic E-state index is 11.7. The average Bonchev–Trinajstić information content (AvgIpc) is 2.72. The third kappa shape index (κ3) is 2.60. The van der Waals surface area contributed by atoms with E-state index in [0.29, 0.717) is 6.61 Å². The number of carboxylic acids is 1. The van der Waals surface area contributed by atoms with E-state index in [2.05, 4.69) is 5.32 Å². The molecule has 0 aliphatic carbocycles. The van der Waals surface area contributed by atoms with Crippen molar-refractivity contribution < 1.29 is 19.4 Å². The number of carbonyl (C=O) groups is 2. The number of benzene rings is 1. The first-order valence-electron chi connectivity index (χ1n) is 5.57. The van der Waals surface area contributed by atoms with Gasteiger partial charge >= 0.3 is 5.97 Å². The molecule has 0 aromatic heterocycles. The summed E-state index contributed by atoms with van der Waals surface area (Å²) in [5.74, 6) is -0.849. The monoisotopic (exact) mass is 250 g/mol. The van der Waals surface area contributed by atoms with Crippen molar-refractivity contribution in [2.75, 3.05) is 6.61 Å². The number of carboxylic acid groups (broad SMARTS) is 1. The summed E-state index contributed by atoms with van der Waals surface area (Å²) < 4.78 is 5.40. The van der Waals surface area contributed by atoms with Crippen molar-refractivity contribution in [1.82, 2.24) is 5.32 Å². The summed E-state index contributed by atoms with van der Waals surface area (Å²) in [6, 6.07) is 6.06. The number of nitrogens with one attached hydrogen (secondary N) is 1. The van der Waals surface area contributed by atoms with Crippen LogP contribution >= 0.6 is 0 Å². The largest absolute Gasteiger partial charge is 0.491 e. The zero-order chi connectivity index (χ0) is 13.1. The molecule has 2 rings (SSSR count). The van der Waals surface area contributed by atoms with Crippen molar-refractivity contribution in [3.63, 3.8) is 0 Å². The number of nitrogens with two attached hydrogens (primary N) is 1. The van der Waals surface area contributed by atoms with Gasteiger partial charge in [-0.2, -0.15) is 0 Å². The lowest BCUT2D eigenvalue weighted by molar-refractivity contribution is -0.139. The lowest BCUT2D eigenvalue weighted by Crippen LogP contribution is -2.43. The van der Waals surface area contributed by atoms with Gasteiger partial charge in [-0.3, -0.25) is 9.59 Å². The predicted molar refractivity (Wildman–Crippen MR) is 63.0 cm³/mol. The molecular formula is C12H14N2O4. The molecule has 18 heavy (non-hydrogen) atoms. The van der Waals surface area contributed by atoms with Crippen molar-refractivity contribution in [3.8, 4) is 5.75 Å². The molecule has 1 aliphatic rings. The summed E-state index contributed by atoms with van der Waals surface area (Å²) in [6.45, 7) is 0.338. The van der Waals surface area contributed by atoms with Crippen LogP contribution in [0.2, 0.25) is 0 Å². The second-order valence-electron chi connectivity index (χ2n) is 4.11. The van der Waals surface area contributed by atoms with E-state index in [-0.39, 0.29) is 12.5 Å². The van der Waals surface area contributed by atoms with Gasteiger partial charge in [0.2, 0.25) is 5.91 Å². The van der Waals surface area contributed by atoms with E-state index in [1.165, 1.54) is 0 Å². The van der Waals surface area contributed by atoms with Gasteiger partial charge in [0.25, 0.3) is 0 Å². The van der Waals surface area contributed by atoms with E-state index in [1.54, 1.807) is 0 Å². The summed E-state index contributed by atoms with van der Waals surface area (Å²) in [7, 11) is 0. The summed E-state index contributed by atoms with van der Waals surface area (Å²) in [5.41, 5.74) is 6.37. The number of ether oxygens (including phenoxy) is 1. The van der Waals surface area contributed by atoms with Crippen LogP contribution in [0.3, 0.4) is 0 Å². The van der Waals surface area contributed by atoms with Crippen LogP contribution < -0.4 is 15.8 Å². The fourth-order valence-corrected chi connectivity index (χ4v) is 1.84. The van der Waals surface area contributed by atoms with Gasteiger partial charge in [0, 0.05) is 5.56 Å². The van der Waals surface area contributed by atoms with Gasteiger partial charge in [-0.1, -0.05) is 18.2 Å². The topological polar surface area (TPSA) is 102 Å². The molecule has 1 heterocycles. The molecule has 6 nitrogen and oxygen atoms in total. The van der Waals surface area contributed by atoms with Gasteiger partial charge in [0.05, 0.1) is 18.5 Å². The first-order valence-corrected chi connectivity index (χ1v) is 5.57. The number of aliphatic carboxylic acids is 1. The molecule has 1 aromatic rings. The number of carbonyl (C=O) groups excluding carboxylic acids is 1. The van der Waals surface area contributed by atoms with Gasteiger partial charge in [-0.25, -0.2) is 0 Å². The predicted octanol–water partition coefficient (Wildman–Crippen LogP) is 0.0383. The molecule has 1 amide bonds. The highest BCUT2D eigenvalue weighted by Crippen LogP contribution is 2.31. The quantitative estimate of drug-likeness (QED) is 0.700. The van der Waals surface area contributed by atoms with Crippen LogP contribution in [-0.2, 0) is 9.59 Å². The normalized spacial score (nSPS) is 18.6. The maximum absolute atomic E-state index is 11.7. The molecule has 4 N–H and O–H groups in total. The minimum Gasteiger partial charge on any atom is -0.491 e. The number of fused-ring (bicyclic) bond motifs is 1. The molecule has 1 aliphatic heterocycles. The fourth-order valence-electron chi connectivity index (χ4n) is 1.84. The Bertz CT molecular complexity index is 475. The summed E-state index contributed by atoms with van der Waals surface area (Å²) in [6.07, 6.45) is -0.388. The lowest BCUT2D eigenvalue weighted by atomic mass is 10.1. The van der Waals surface area contributed by atoms with Gasteiger partial charge in [0.15, 0.2) is 0 Å². The highest BCUT2D eigenvalue weighted by atomic mass is 16.5. The Morgan fingerprint density at radius 1 is 1.50 bits per heavy atom. The number of hydrogen-bond donors (Lipinski definition) is 3. The molecule has 2 atom stereocenters. The molecule has 0 saturated heterocycles. The third-order valence-electron chi connectivity index (χ3n) is 2.75. The Labute approximate surface area is 104 Å². The van der Waals surface area contributed by atoms with Crippen molar-refractivity contribution in [2.24, 2.45) is 5.73 Å². The highest BCUT2D eigenvalue weighted by molar-refractivity contribution is 5.86. The molecule has 1 aromatic carbocycles. The Balaban J connectivity index is 1.99. The Hall–Kier alpha value is -2.08. The van der Waals surface area contributed by atoms with Crippen molar-refractivity contribution in [2.45, 2.75) is 18.5 Å². The molecular weight excluding hydrogens is 236 g/mol. The minimum atomic E-state index is -1.10. The van der Waals surface area contributed by atoms with Gasteiger partial charge < -0.3 is 20.9 Å². The molecule has 96 valence electrons. The first-order chi connectivity index (χ1) is 8.58. The van der Waals surface area contributed by atoms with Crippen LogP contribution in [0.1, 0.15) is 18.0 Å². The zero-order valence-electron chi connectivity index (χ0n) is 9.63. The lowest BCUT2D eigenvalue weighted by Gasteiger charge is -2.15. The highest BCUT2D eigenvalue weighted by Gasteiger charge is 2.27. The van der Waals surface area contributed by atoms with Crippen molar-refractivity contribution >= 4 is 11.9 Å². The second-order valence-corrected chi connectivity index (χ2v) is 4.11. The number of hydrogen-bond acceptors (Lipinski definition) is 4. The van der Waals surface area contributed by atoms with Crippen LogP contribution in [0, 0.1) is 0 Å². The third-order valence-corrected chi connectivity index (χ3v) is 2.75. The molecule has 0 fully saturated rings. The van der Waals surface area contributed by atoms with E-state index >= 15 is 0 Å². The molecule has 0 spiro atoms. The van der Waals surface area contributed by atoms with Crippen LogP contribution in [-0.4, -0.2) is 29.6 Å². The first kappa shape index (κ1) is 12.4. The van der Waals surface area contributed by atoms with Crippen LogP contribution in [0.4, 0.5) is 0 Å². The Kier molecular flexibility index (Phi) is 3.47.